The normalized spacial score (nSPS) is 11.5. The van der Waals surface area contributed by atoms with Crippen LogP contribution in [0, 0.1) is 0 Å². The second kappa shape index (κ2) is 7.76. The third-order valence-electron chi connectivity index (χ3n) is 4.13. The summed E-state index contributed by atoms with van der Waals surface area (Å²) in [6.07, 6.45) is 0. The fourth-order valence-electron chi connectivity index (χ4n) is 2.62. The standard InChI is InChI=1S/C20H21NO4S/c1-21(18-8-7-16-5-3-4-6-17(16)15-18)26(22,23)20-11-9-19(10-12-20)25-14-13-24-2/h3-12,15H,13-14H2,1-2H3. The van der Waals surface area contributed by atoms with E-state index >= 15 is 0 Å². The summed E-state index contributed by atoms with van der Waals surface area (Å²) < 4.78 is 37.5. The maximum absolute atomic E-state index is 12.9. The molecule has 6 heteroatoms. The Morgan fingerprint density at radius 3 is 2.27 bits per heavy atom. The molecule has 0 amide bonds. The molecule has 3 aromatic carbocycles. The van der Waals surface area contributed by atoms with Gasteiger partial charge in [0.1, 0.15) is 12.4 Å². The molecule has 3 rings (SSSR count). The smallest absolute Gasteiger partial charge is 0.264 e. The van der Waals surface area contributed by atoms with Gasteiger partial charge in [-0.2, -0.15) is 0 Å². The predicted octanol–water partition coefficient (Wildman–Crippen LogP) is 3.69. The van der Waals surface area contributed by atoms with E-state index in [0.717, 1.165) is 10.8 Å². The monoisotopic (exact) mass is 371 g/mol. The predicted molar refractivity (Wildman–Crippen MR) is 103 cm³/mol. The number of methoxy groups -OCH3 is 1. The summed E-state index contributed by atoms with van der Waals surface area (Å²) >= 11 is 0. The van der Waals surface area contributed by atoms with E-state index < -0.39 is 10.0 Å². The van der Waals surface area contributed by atoms with E-state index in [1.807, 2.05) is 42.5 Å². The molecule has 0 fully saturated rings. The van der Waals surface area contributed by atoms with Crippen molar-refractivity contribution in [1.82, 2.24) is 0 Å². The Bertz CT molecular complexity index is 984. The maximum atomic E-state index is 12.9. The van der Waals surface area contributed by atoms with Crippen LogP contribution in [0.3, 0.4) is 0 Å². The number of benzene rings is 3. The van der Waals surface area contributed by atoms with Gasteiger partial charge in [-0.3, -0.25) is 4.31 Å². The molecule has 0 aromatic heterocycles. The van der Waals surface area contributed by atoms with Gasteiger partial charge in [0.2, 0.25) is 0 Å². The average Bonchev–Trinajstić information content (AvgIpc) is 2.67. The van der Waals surface area contributed by atoms with Gasteiger partial charge >= 0.3 is 0 Å². The highest BCUT2D eigenvalue weighted by atomic mass is 32.2. The van der Waals surface area contributed by atoms with Crippen molar-refractivity contribution < 1.29 is 17.9 Å². The third kappa shape index (κ3) is 3.81. The van der Waals surface area contributed by atoms with Gasteiger partial charge < -0.3 is 9.47 Å². The minimum atomic E-state index is -3.65. The molecule has 26 heavy (non-hydrogen) atoms. The van der Waals surface area contributed by atoms with Gasteiger partial charge in [-0.05, 0) is 47.2 Å². The van der Waals surface area contributed by atoms with Crippen molar-refractivity contribution in [2.24, 2.45) is 0 Å². The molecular formula is C20H21NO4S. The van der Waals surface area contributed by atoms with Crippen LogP contribution in [0.1, 0.15) is 0 Å². The topological polar surface area (TPSA) is 55.8 Å². The fraction of sp³-hybridized carbons (Fsp3) is 0.200. The Morgan fingerprint density at radius 2 is 1.58 bits per heavy atom. The van der Waals surface area contributed by atoms with Crippen LogP contribution >= 0.6 is 0 Å². The Labute approximate surface area is 153 Å². The number of sulfonamides is 1. The molecule has 136 valence electrons. The zero-order valence-corrected chi connectivity index (χ0v) is 15.6. The number of ether oxygens (including phenoxy) is 2. The molecule has 5 nitrogen and oxygen atoms in total. The van der Waals surface area contributed by atoms with Gasteiger partial charge in [0.25, 0.3) is 10.0 Å². The van der Waals surface area contributed by atoms with Gasteiger partial charge in [0.05, 0.1) is 17.2 Å². The molecule has 0 saturated heterocycles. The molecule has 0 unspecified atom stereocenters. The first-order valence-corrected chi connectivity index (χ1v) is 9.66. The second-order valence-corrected chi connectivity index (χ2v) is 7.79. The molecule has 0 spiro atoms. The fourth-order valence-corrected chi connectivity index (χ4v) is 3.81. The van der Waals surface area contributed by atoms with Crippen molar-refractivity contribution in [2.75, 3.05) is 31.7 Å². The first kappa shape index (κ1) is 18.2. The van der Waals surface area contributed by atoms with Crippen molar-refractivity contribution >= 4 is 26.5 Å². The highest BCUT2D eigenvalue weighted by Crippen LogP contribution is 2.26. The second-order valence-electron chi connectivity index (χ2n) is 5.82. The van der Waals surface area contributed by atoms with E-state index in [1.54, 1.807) is 38.4 Å². The summed E-state index contributed by atoms with van der Waals surface area (Å²) in [5, 5.41) is 2.06. The number of hydrogen-bond donors (Lipinski definition) is 0. The van der Waals surface area contributed by atoms with E-state index in [9.17, 15) is 8.42 Å². The Morgan fingerprint density at radius 1 is 0.885 bits per heavy atom. The number of fused-ring (bicyclic) bond motifs is 1. The van der Waals surface area contributed by atoms with Crippen LogP contribution in [0.25, 0.3) is 10.8 Å². The van der Waals surface area contributed by atoms with Gasteiger partial charge in [0, 0.05) is 14.2 Å². The highest BCUT2D eigenvalue weighted by molar-refractivity contribution is 7.92. The van der Waals surface area contributed by atoms with Crippen LogP contribution in [0.4, 0.5) is 5.69 Å². The minimum Gasteiger partial charge on any atom is -0.491 e. The van der Waals surface area contributed by atoms with E-state index in [0.29, 0.717) is 24.7 Å². The van der Waals surface area contributed by atoms with E-state index in [4.69, 9.17) is 9.47 Å². The van der Waals surface area contributed by atoms with Gasteiger partial charge in [-0.15, -0.1) is 0 Å². The maximum Gasteiger partial charge on any atom is 0.264 e. The Kier molecular flexibility index (Phi) is 5.44. The molecule has 0 N–H and O–H groups in total. The van der Waals surface area contributed by atoms with Crippen molar-refractivity contribution in [2.45, 2.75) is 4.90 Å². The lowest BCUT2D eigenvalue weighted by atomic mass is 10.1. The summed E-state index contributed by atoms with van der Waals surface area (Å²) in [4.78, 5) is 0.215. The van der Waals surface area contributed by atoms with Crippen molar-refractivity contribution in [3.05, 3.63) is 66.7 Å². The summed E-state index contributed by atoms with van der Waals surface area (Å²) in [6, 6.07) is 19.8. The first-order chi connectivity index (χ1) is 12.5. The lowest BCUT2D eigenvalue weighted by molar-refractivity contribution is 0.146. The van der Waals surface area contributed by atoms with Crippen LogP contribution in [0.15, 0.2) is 71.6 Å². The molecule has 0 bridgehead atoms. The molecule has 0 atom stereocenters. The van der Waals surface area contributed by atoms with Gasteiger partial charge in [0.15, 0.2) is 0 Å². The van der Waals surface area contributed by atoms with Crippen LogP contribution in [-0.2, 0) is 14.8 Å². The number of hydrogen-bond acceptors (Lipinski definition) is 4. The van der Waals surface area contributed by atoms with Crippen LogP contribution in [0.5, 0.6) is 5.75 Å². The summed E-state index contributed by atoms with van der Waals surface area (Å²) in [7, 11) is -0.493. The molecule has 0 radical (unpaired) electrons. The lowest BCUT2D eigenvalue weighted by Gasteiger charge is -2.20. The largest absolute Gasteiger partial charge is 0.491 e. The summed E-state index contributed by atoms with van der Waals surface area (Å²) in [5.41, 5.74) is 0.615. The van der Waals surface area contributed by atoms with Crippen molar-refractivity contribution in [3.8, 4) is 5.75 Å². The zero-order valence-electron chi connectivity index (χ0n) is 14.8. The third-order valence-corrected chi connectivity index (χ3v) is 5.93. The Hall–Kier alpha value is -2.57. The molecular weight excluding hydrogens is 350 g/mol. The van der Waals surface area contributed by atoms with Crippen molar-refractivity contribution in [3.63, 3.8) is 0 Å². The first-order valence-electron chi connectivity index (χ1n) is 8.22. The number of nitrogens with zero attached hydrogens (tertiary/aromatic N) is 1. The highest BCUT2D eigenvalue weighted by Gasteiger charge is 2.21. The molecule has 0 aliphatic heterocycles. The van der Waals surface area contributed by atoms with E-state index in [1.165, 1.54) is 4.31 Å². The van der Waals surface area contributed by atoms with Crippen molar-refractivity contribution in [1.29, 1.82) is 0 Å². The quantitative estimate of drug-likeness (QED) is 0.595. The van der Waals surface area contributed by atoms with Gasteiger partial charge in [-0.1, -0.05) is 30.3 Å². The SMILES string of the molecule is COCCOc1ccc(S(=O)(=O)N(C)c2ccc3ccccc3c2)cc1. The zero-order chi connectivity index (χ0) is 18.6. The van der Waals surface area contributed by atoms with E-state index in [2.05, 4.69) is 0 Å². The van der Waals surface area contributed by atoms with Gasteiger partial charge in [-0.25, -0.2) is 8.42 Å². The molecule has 3 aromatic rings. The molecule has 0 aliphatic rings. The number of anilines is 1. The molecule has 0 heterocycles. The Balaban J connectivity index is 1.83. The van der Waals surface area contributed by atoms with E-state index in [-0.39, 0.29) is 4.90 Å². The number of rotatable bonds is 7. The van der Waals surface area contributed by atoms with Crippen LogP contribution < -0.4 is 9.04 Å². The lowest BCUT2D eigenvalue weighted by Crippen LogP contribution is -2.26. The molecule has 0 saturated carbocycles. The summed E-state index contributed by atoms with van der Waals surface area (Å²) in [5.74, 6) is 0.606. The van der Waals surface area contributed by atoms with Crippen LogP contribution in [-0.4, -0.2) is 35.8 Å². The minimum absolute atomic E-state index is 0.215. The van der Waals surface area contributed by atoms with Crippen LogP contribution in [0.2, 0.25) is 0 Å². The average molecular weight is 371 g/mol. The molecule has 0 aliphatic carbocycles. The summed E-state index contributed by atoms with van der Waals surface area (Å²) in [6.45, 7) is 0.893.